The molecule has 2 aliphatic rings. The molecule has 0 saturated carbocycles. The summed E-state index contributed by atoms with van der Waals surface area (Å²) in [7, 11) is 0. The van der Waals surface area contributed by atoms with E-state index in [4.69, 9.17) is 9.26 Å². The van der Waals surface area contributed by atoms with Gasteiger partial charge in [-0.2, -0.15) is 4.98 Å². The second-order valence-corrected chi connectivity index (χ2v) is 5.11. The van der Waals surface area contributed by atoms with Crippen LogP contribution in [-0.2, 0) is 0 Å². The molecule has 1 unspecified atom stereocenters. The Balaban J connectivity index is 1.54. The molecule has 20 heavy (non-hydrogen) atoms. The molecule has 2 aliphatic heterocycles. The topological polar surface area (TPSA) is 63.4 Å². The Hall–Kier alpha value is -2.24. The monoisotopic (exact) mass is 272 g/mol. The highest BCUT2D eigenvalue weighted by Crippen LogP contribution is 2.33. The predicted octanol–water partition coefficient (Wildman–Crippen LogP) is 2.22. The second-order valence-electron chi connectivity index (χ2n) is 5.11. The van der Waals surface area contributed by atoms with Gasteiger partial charge >= 0.3 is 0 Å². The van der Waals surface area contributed by atoms with Crippen molar-refractivity contribution in [3.05, 3.63) is 30.2 Å². The number of aromatic nitrogens is 2. The normalized spacial score (nSPS) is 21.2. The Bertz CT molecular complexity index is 607. The Labute approximate surface area is 116 Å². The van der Waals surface area contributed by atoms with Gasteiger partial charge < -0.3 is 19.5 Å². The number of para-hydroxylation sites is 2. The zero-order valence-corrected chi connectivity index (χ0v) is 11.1. The van der Waals surface area contributed by atoms with E-state index in [9.17, 15) is 0 Å². The molecule has 6 heteroatoms. The molecule has 0 bridgehead atoms. The van der Waals surface area contributed by atoms with Gasteiger partial charge in [0.1, 0.15) is 5.75 Å². The lowest BCUT2D eigenvalue weighted by Gasteiger charge is -2.24. The third-order valence-electron chi connectivity index (χ3n) is 3.73. The average Bonchev–Trinajstić information content (AvgIpc) is 3.17. The van der Waals surface area contributed by atoms with Gasteiger partial charge in [-0.3, -0.25) is 0 Å². The van der Waals surface area contributed by atoms with Crippen LogP contribution in [0, 0.1) is 0 Å². The van der Waals surface area contributed by atoms with Crippen LogP contribution in [0.4, 0.5) is 11.6 Å². The molecule has 0 aliphatic carbocycles. The average molecular weight is 272 g/mol. The van der Waals surface area contributed by atoms with E-state index in [-0.39, 0.29) is 6.10 Å². The van der Waals surface area contributed by atoms with Crippen molar-refractivity contribution in [2.45, 2.75) is 18.9 Å². The lowest BCUT2D eigenvalue weighted by molar-refractivity contribution is 0.163. The minimum atomic E-state index is -0.228. The maximum absolute atomic E-state index is 5.92. The van der Waals surface area contributed by atoms with Crippen molar-refractivity contribution in [3.8, 4) is 5.75 Å². The summed E-state index contributed by atoms with van der Waals surface area (Å²) in [6.45, 7) is 2.65. The molecule has 1 aromatic carbocycles. The van der Waals surface area contributed by atoms with Gasteiger partial charge in [0.25, 0.3) is 11.8 Å². The number of ether oxygens (including phenoxy) is 1. The first-order valence-corrected chi connectivity index (χ1v) is 6.98. The van der Waals surface area contributed by atoms with Crippen molar-refractivity contribution < 1.29 is 9.26 Å². The van der Waals surface area contributed by atoms with Crippen LogP contribution in [0.15, 0.2) is 28.8 Å². The summed E-state index contributed by atoms with van der Waals surface area (Å²) >= 11 is 0. The van der Waals surface area contributed by atoms with E-state index in [1.165, 1.54) is 12.8 Å². The van der Waals surface area contributed by atoms with Crippen LogP contribution < -0.4 is 15.0 Å². The van der Waals surface area contributed by atoms with Crippen molar-refractivity contribution in [2.24, 2.45) is 0 Å². The highest BCUT2D eigenvalue weighted by molar-refractivity contribution is 5.57. The largest absolute Gasteiger partial charge is 0.477 e. The Kier molecular flexibility index (Phi) is 2.72. The Morgan fingerprint density at radius 2 is 2.05 bits per heavy atom. The van der Waals surface area contributed by atoms with E-state index in [0.29, 0.717) is 18.4 Å². The summed E-state index contributed by atoms with van der Waals surface area (Å²) < 4.78 is 11.3. The van der Waals surface area contributed by atoms with Crippen LogP contribution in [0.1, 0.15) is 24.8 Å². The Morgan fingerprint density at radius 3 is 2.95 bits per heavy atom. The molecule has 1 atom stereocenters. The van der Waals surface area contributed by atoms with Gasteiger partial charge in [-0.25, -0.2) is 0 Å². The van der Waals surface area contributed by atoms with Gasteiger partial charge in [0, 0.05) is 13.1 Å². The summed E-state index contributed by atoms with van der Waals surface area (Å²) in [6.07, 6.45) is 2.16. The van der Waals surface area contributed by atoms with E-state index in [0.717, 1.165) is 24.5 Å². The van der Waals surface area contributed by atoms with Crippen LogP contribution in [-0.4, -0.2) is 29.8 Å². The summed E-state index contributed by atoms with van der Waals surface area (Å²) in [5.74, 6) is 2.04. The fourth-order valence-electron chi connectivity index (χ4n) is 2.65. The van der Waals surface area contributed by atoms with E-state index in [1.807, 2.05) is 24.3 Å². The van der Waals surface area contributed by atoms with E-state index in [2.05, 4.69) is 20.4 Å². The van der Waals surface area contributed by atoms with Gasteiger partial charge in [0.15, 0.2) is 6.10 Å². The summed E-state index contributed by atoms with van der Waals surface area (Å²) in [5, 5.41) is 7.38. The second kappa shape index (κ2) is 4.70. The fourth-order valence-corrected chi connectivity index (χ4v) is 2.65. The first kappa shape index (κ1) is 11.6. The predicted molar refractivity (Wildman–Crippen MR) is 74.0 cm³/mol. The number of nitrogens with zero attached hydrogens (tertiary/aromatic N) is 3. The highest BCUT2D eigenvalue weighted by Gasteiger charge is 2.27. The summed E-state index contributed by atoms with van der Waals surface area (Å²) in [4.78, 5) is 6.62. The Morgan fingerprint density at radius 1 is 1.20 bits per heavy atom. The SMILES string of the molecule is c1ccc2c(c1)NCC(c1nc(N3CCCC3)no1)O2. The summed E-state index contributed by atoms with van der Waals surface area (Å²) in [6, 6.07) is 7.86. The van der Waals surface area contributed by atoms with Crippen LogP contribution >= 0.6 is 0 Å². The maximum Gasteiger partial charge on any atom is 0.271 e. The molecule has 0 radical (unpaired) electrons. The van der Waals surface area contributed by atoms with Crippen LogP contribution in [0.5, 0.6) is 5.75 Å². The molecular formula is C14H16N4O2. The molecule has 0 amide bonds. The number of hydrogen-bond donors (Lipinski definition) is 1. The van der Waals surface area contributed by atoms with Crippen molar-refractivity contribution in [1.29, 1.82) is 0 Å². The zero-order valence-electron chi connectivity index (χ0n) is 11.1. The van der Waals surface area contributed by atoms with Crippen LogP contribution in [0.3, 0.4) is 0 Å². The third kappa shape index (κ3) is 1.97. The number of anilines is 2. The van der Waals surface area contributed by atoms with Crippen molar-refractivity contribution in [1.82, 2.24) is 10.1 Å². The lowest BCUT2D eigenvalue weighted by Crippen LogP contribution is -2.24. The molecule has 4 rings (SSSR count). The van der Waals surface area contributed by atoms with Gasteiger partial charge in [0.05, 0.1) is 12.2 Å². The maximum atomic E-state index is 5.92. The number of nitrogens with one attached hydrogen (secondary N) is 1. The van der Waals surface area contributed by atoms with E-state index < -0.39 is 0 Å². The first-order chi connectivity index (χ1) is 9.90. The molecule has 1 N–H and O–H groups in total. The minimum absolute atomic E-state index is 0.228. The standard InChI is InChI=1S/C14H16N4O2/c1-2-6-11-10(5-1)15-9-12(19-11)13-16-14(17-20-13)18-7-3-4-8-18/h1-2,5-6,12,15H,3-4,7-9H2. The fraction of sp³-hybridized carbons (Fsp3) is 0.429. The number of benzene rings is 1. The molecule has 2 aromatic rings. The quantitative estimate of drug-likeness (QED) is 0.904. The minimum Gasteiger partial charge on any atom is -0.477 e. The number of hydrogen-bond acceptors (Lipinski definition) is 6. The number of fused-ring (bicyclic) bond motifs is 1. The molecule has 1 saturated heterocycles. The summed E-state index contributed by atoms with van der Waals surface area (Å²) in [5.41, 5.74) is 1.00. The first-order valence-electron chi connectivity index (χ1n) is 6.98. The van der Waals surface area contributed by atoms with Crippen molar-refractivity contribution in [2.75, 3.05) is 29.9 Å². The van der Waals surface area contributed by atoms with E-state index in [1.54, 1.807) is 0 Å². The van der Waals surface area contributed by atoms with Crippen LogP contribution in [0.25, 0.3) is 0 Å². The third-order valence-corrected chi connectivity index (χ3v) is 3.73. The van der Waals surface area contributed by atoms with Crippen LogP contribution in [0.2, 0.25) is 0 Å². The molecule has 1 fully saturated rings. The van der Waals surface area contributed by atoms with Gasteiger partial charge in [0.2, 0.25) is 0 Å². The lowest BCUT2D eigenvalue weighted by atomic mass is 10.2. The van der Waals surface area contributed by atoms with E-state index >= 15 is 0 Å². The molecule has 0 spiro atoms. The molecule has 3 heterocycles. The molecule has 6 nitrogen and oxygen atoms in total. The van der Waals surface area contributed by atoms with Gasteiger partial charge in [-0.15, -0.1) is 0 Å². The van der Waals surface area contributed by atoms with Gasteiger partial charge in [-0.1, -0.05) is 12.1 Å². The highest BCUT2D eigenvalue weighted by atomic mass is 16.5. The molecule has 104 valence electrons. The number of rotatable bonds is 2. The van der Waals surface area contributed by atoms with Crippen molar-refractivity contribution in [3.63, 3.8) is 0 Å². The van der Waals surface area contributed by atoms with Crippen molar-refractivity contribution >= 4 is 11.6 Å². The molecule has 1 aromatic heterocycles. The zero-order chi connectivity index (χ0) is 13.4. The smallest absolute Gasteiger partial charge is 0.271 e. The molecular weight excluding hydrogens is 256 g/mol. The van der Waals surface area contributed by atoms with Gasteiger partial charge in [-0.05, 0) is 30.1 Å².